The summed E-state index contributed by atoms with van der Waals surface area (Å²) in [5.74, 6) is -2.61. The Labute approximate surface area is 208 Å². The lowest BCUT2D eigenvalue weighted by atomic mass is 9.76. The smallest absolute Gasteiger partial charge is 0.250 e. The molecule has 2 saturated heterocycles. The predicted molar refractivity (Wildman–Crippen MR) is 129 cm³/mol. The van der Waals surface area contributed by atoms with Gasteiger partial charge in [0.25, 0.3) is 0 Å². The SMILES string of the molecule is COc1ccc(CCN2C(=O)[C@@H]3[C@H](CC(N)=O)N[C@]4(C(=O)Nc5ccc(C)cc54)[C@@H]3C2=O)cc1OC. The van der Waals surface area contributed by atoms with Crippen molar-refractivity contribution in [1.82, 2.24) is 10.2 Å². The molecule has 188 valence electrons. The molecular formula is C26H28N4O6. The zero-order chi connectivity index (χ0) is 25.8. The Morgan fingerprint density at radius 3 is 2.50 bits per heavy atom. The van der Waals surface area contributed by atoms with E-state index in [2.05, 4.69) is 10.6 Å². The van der Waals surface area contributed by atoms with Crippen LogP contribution in [-0.2, 0) is 31.1 Å². The van der Waals surface area contributed by atoms with Crippen LogP contribution in [0.25, 0.3) is 0 Å². The molecule has 0 bridgehead atoms. The van der Waals surface area contributed by atoms with Crippen LogP contribution in [-0.4, -0.2) is 55.3 Å². The summed E-state index contributed by atoms with van der Waals surface area (Å²) in [4.78, 5) is 53.9. The van der Waals surface area contributed by atoms with Crippen molar-refractivity contribution in [2.75, 3.05) is 26.1 Å². The topological polar surface area (TPSA) is 140 Å². The highest BCUT2D eigenvalue weighted by atomic mass is 16.5. The zero-order valence-electron chi connectivity index (χ0n) is 20.3. The van der Waals surface area contributed by atoms with E-state index < -0.39 is 47.0 Å². The van der Waals surface area contributed by atoms with Crippen LogP contribution in [0.5, 0.6) is 11.5 Å². The van der Waals surface area contributed by atoms with E-state index in [0.29, 0.717) is 29.2 Å². The molecule has 2 aromatic rings. The number of fused-ring (bicyclic) bond motifs is 4. The van der Waals surface area contributed by atoms with Gasteiger partial charge in [0.2, 0.25) is 23.6 Å². The van der Waals surface area contributed by atoms with Crippen LogP contribution in [0, 0.1) is 18.8 Å². The highest BCUT2D eigenvalue weighted by Crippen LogP contribution is 2.53. The van der Waals surface area contributed by atoms with Crippen molar-refractivity contribution in [3.05, 3.63) is 53.1 Å². The molecule has 1 spiro atoms. The number of hydrogen-bond donors (Lipinski definition) is 3. The van der Waals surface area contributed by atoms with Gasteiger partial charge in [0.1, 0.15) is 5.54 Å². The number of anilines is 1. The van der Waals surface area contributed by atoms with Crippen molar-refractivity contribution in [2.45, 2.75) is 31.3 Å². The second-order valence-corrected chi connectivity index (χ2v) is 9.50. The highest BCUT2D eigenvalue weighted by molar-refractivity contribution is 6.15. The van der Waals surface area contributed by atoms with Crippen molar-refractivity contribution in [3.8, 4) is 11.5 Å². The van der Waals surface area contributed by atoms with E-state index in [1.165, 1.54) is 12.0 Å². The average Bonchev–Trinajstić information content (AvgIpc) is 3.41. The summed E-state index contributed by atoms with van der Waals surface area (Å²) in [5.41, 5.74) is 6.99. The normalized spacial score (nSPS) is 26.2. The van der Waals surface area contributed by atoms with Gasteiger partial charge in [-0.2, -0.15) is 0 Å². The van der Waals surface area contributed by atoms with E-state index in [-0.39, 0.29) is 13.0 Å². The fourth-order valence-corrected chi connectivity index (χ4v) is 5.86. The maximum atomic E-state index is 13.8. The minimum Gasteiger partial charge on any atom is -0.493 e. The van der Waals surface area contributed by atoms with Crippen molar-refractivity contribution in [1.29, 1.82) is 0 Å². The van der Waals surface area contributed by atoms with E-state index in [1.807, 2.05) is 25.1 Å². The number of aryl methyl sites for hydroxylation is 1. The molecule has 4 amide bonds. The number of rotatable bonds is 7. The van der Waals surface area contributed by atoms with Gasteiger partial charge in [0, 0.05) is 30.3 Å². The number of methoxy groups -OCH3 is 2. The van der Waals surface area contributed by atoms with E-state index >= 15 is 0 Å². The molecule has 0 aromatic heterocycles. The number of nitrogens with zero attached hydrogens (tertiary/aromatic N) is 1. The molecule has 0 unspecified atom stereocenters. The van der Waals surface area contributed by atoms with E-state index in [0.717, 1.165) is 11.1 Å². The number of likely N-dealkylation sites (tertiary alicyclic amines) is 1. The number of nitrogens with two attached hydrogens (primary N) is 1. The summed E-state index contributed by atoms with van der Waals surface area (Å²) >= 11 is 0. The maximum Gasteiger partial charge on any atom is 0.250 e. The molecule has 0 aliphatic carbocycles. The highest BCUT2D eigenvalue weighted by Gasteiger charge is 2.70. The molecular weight excluding hydrogens is 464 g/mol. The summed E-state index contributed by atoms with van der Waals surface area (Å²) in [6.07, 6.45) is 0.222. The van der Waals surface area contributed by atoms with Crippen molar-refractivity contribution >= 4 is 29.3 Å². The van der Waals surface area contributed by atoms with Gasteiger partial charge in [0.15, 0.2) is 11.5 Å². The van der Waals surface area contributed by atoms with Crippen LogP contribution in [0.3, 0.4) is 0 Å². The third-order valence-electron chi connectivity index (χ3n) is 7.45. The lowest BCUT2D eigenvalue weighted by Crippen LogP contribution is -2.53. The standard InChI is InChI=1S/C26H28N4O6/c1-13-4-6-16-15(10-13)26(25(34)28-16)22-21(17(29-26)12-20(27)31)23(32)30(24(22)33)9-8-14-5-7-18(35-2)19(11-14)36-3/h4-7,10-11,17,21-22,29H,8-9,12H2,1-3H3,(H2,27,31)(H,28,34)/t17-,21+,22-,26-/m0/s1. The summed E-state index contributed by atoms with van der Waals surface area (Å²) < 4.78 is 10.6. The Bertz CT molecular complexity index is 1290. The summed E-state index contributed by atoms with van der Waals surface area (Å²) in [6, 6.07) is 10.2. The molecule has 2 fully saturated rings. The fraction of sp³-hybridized carbons (Fsp3) is 0.385. The fourth-order valence-electron chi connectivity index (χ4n) is 5.86. The number of benzene rings is 2. The molecule has 2 aromatic carbocycles. The number of carbonyl (C=O) groups excluding carboxylic acids is 4. The number of imide groups is 1. The molecule has 4 N–H and O–H groups in total. The monoisotopic (exact) mass is 492 g/mol. The number of ether oxygens (including phenoxy) is 2. The summed E-state index contributed by atoms with van der Waals surface area (Å²) in [5, 5.41) is 6.05. The Kier molecular flexibility index (Phi) is 5.71. The largest absolute Gasteiger partial charge is 0.493 e. The number of nitrogens with one attached hydrogen (secondary N) is 2. The first-order valence-electron chi connectivity index (χ1n) is 11.8. The Morgan fingerprint density at radius 2 is 1.81 bits per heavy atom. The first kappa shape index (κ1) is 23.8. The summed E-state index contributed by atoms with van der Waals surface area (Å²) in [6.45, 7) is 2.02. The zero-order valence-corrected chi connectivity index (χ0v) is 20.3. The van der Waals surface area contributed by atoms with Gasteiger partial charge in [0.05, 0.1) is 26.1 Å². The molecule has 10 nitrogen and oxygen atoms in total. The first-order chi connectivity index (χ1) is 17.2. The molecule has 36 heavy (non-hydrogen) atoms. The van der Waals surface area contributed by atoms with E-state index in [1.54, 1.807) is 25.3 Å². The van der Waals surface area contributed by atoms with Crippen LogP contribution in [0.4, 0.5) is 5.69 Å². The third-order valence-corrected chi connectivity index (χ3v) is 7.45. The molecule has 0 radical (unpaired) electrons. The Balaban J connectivity index is 1.49. The molecule has 10 heteroatoms. The van der Waals surface area contributed by atoms with Gasteiger partial charge >= 0.3 is 0 Å². The van der Waals surface area contributed by atoms with Gasteiger partial charge in [-0.25, -0.2) is 0 Å². The molecule has 4 atom stereocenters. The second-order valence-electron chi connectivity index (χ2n) is 9.50. The van der Waals surface area contributed by atoms with E-state index in [9.17, 15) is 19.2 Å². The number of amides is 4. The van der Waals surface area contributed by atoms with Gasteiger partial charge in [-0.05, 0) is 37.1 Å². The number of hydrogen-bond acceptors (Lipinski definition) is 7. The molecule has 3 aliphatic heterocycles. The predicted octanol–water partition coefficient (Wildman–Crippen LogP) is 0.851. The quantitative estimate of drug-likeness (QED) is 0.487. The van der Waals surface area contributed by atoms with Crippen LogP contribution < -0.4 is 25.8 Å². The molecule has 0 saturated carbocycles. The lowest BCUT2D eigenvalue weighted by Gasteiger charge is -2.29. The number of carbonyl (C=O) groups is 4. The first-order valence-corrected chi connectivity index (χ1v) is 11.8. The second kappa shape index (κ2) is 8.63. The average molecular weight is 493 g/mol. The molecule has 3 heterocycles. The van der Waals surface area contributed by atoms with Gasteiger partial charge in [-0.1, -0.05) is 23.8 Å². The maximum absolute atomic E-state index is 13.8. The van der Waals surface area contributed by atoms with Gasteiger partial charge in [-0.3, -0.25) is 29.4 Å². The van der Waals surface area contributed by atoms with Crippen LogP contribution in [0.2, 0.25) is 0 Å². The summed E-state index contributed by atoms with van der Waals surface area (Å²) in [7, 11) is 3.08. The lowest BCUT2D eigenvalue weighted by molar-refractivity contribution is -0.142. The van der Waals surface area contributed by atoms with Crippen LogP contribution in [0.1, 0.15) is 23.1 Å². The minimum absolute atomic E-state index is 0.127. The van der Waals surface area contributed by atoms with Crippen LogP contribution in [0.15, 0.2) is 36.4 Å². The Hall–Kier alpha value is -3.92. The molecule has 5 rings (SSSR count). The third kappa shape index (κ3) is 3.43. The Morgan fingerprint density at radius 1 is 1.06 bits per heavy atom. The minimum atomic E-state index is -1.45. The van der Waals surface area contributed by atoms with Crippen molar-refractivity contribution in [2.24, 2.45) is 17.6 Å². The van der Waals surface area contributed by atoms with E-state index in [4.69, 9.17) is 15.2 Å². The molecule has 3 aliphatic rings. The van der Waals surface area contributed by atoms with Gasteiger partial charge < -0.3 is 20.5 Å². The number of primary amides is 1. The van der Waals surface area contributed by atoms with Crippen molar-refractivity contribution < 1.29 is 28.7 Å². The van der Waals surface area contributed by atoms with Crippen LogP contribution >= 0.6 is 0 Å². The van der Waals surface area contributed by atoms with Gasteiger partial charge in [-0.15, -0.1) is 0 Å². The van der Waals surface area contributed by atoms with Crippen molar-refractivity contribution in [3.63, 3.8) is 0 Å².